The number of hydrogen-bond donors (Lipinski definition) is 5. The summed E-state index contributed by atoms with van der Waals surface area (Å²) in [7, 11) is 6.22. The number of rotatable bonds is 13. The van der Waals surface area contributed by atoms with Crippen LogP contribution in [0.15, 0.2) is 84.9 Å². The monoisotopic (exact) mass is 648 g/mol. The molecule has 4 rings (SSSR count). The summed E-state index contributed by atoms with van der Waals surface area (Å²) < 4.78 is 20.0. The van der Waals surface area contributed by atoms with Gasteiger partial charge in [0, 0.05) is 6.54 Å². The fourth-order valence-corrected chi connectivity index (χ4v) is 4.28. The van der Waals surface area contributed by atoms with Crippen molar-refractivity contribution in [3.05, 3.63) is 107 Å². The Balaban J connectivity index is 0.000000270. The summed E-state index contributed by atoms with van der Waals surface area (Å²) in [5.74, 6) is 1.43. The summed E-state index contributed by atoms with van der Waals surface area (Å²) >= 11 is 0. The van der Waals surface area contributed by atoms with E-state index in [2.05, 4.69) is 11.4 Å². The molecular formula is C36H44N2O9. The number of ether oxygens (including phenoxy) is 4. The van der Waals surface area contributed by atoms with Gasteiger partial charge in [0.2, 0.25) is 5.91 Å². The number of nitrogens with two attached hydrogens (primary N) is 1. The Labute approximate surface area is 275 Å². The lowest BCUT2D eigenvalue weighted by molar-refractivity contribution is -0.136. The van der Waals surface area contributed by atoms with E-state index in [1.165, 1.54) is 31.9 Å². The van der Waals surface area contributed by atoms with Crippen molar-refractivity contribution < 1.29 is 43.9 Å². The Kier molecular flexibility index (Phi) is 16.5. The van der Waals surface area contributed by atoms with Gasteiger partial charge in [-0.05, 0) is 90.2 Å². The number of methoxy groups -OCH3 is 4. The van der Waals surface area contributed by atoms with E-state index >= 15 is 0 Å². The van der Waals surface area contributed by atoms with E-state index in [-0.39, 0.29) is 30.2 Å². The Morgan fingerprint density at radius 1 is 0.638 bits per heavy atom. The molecule has 11 heteroatoms. The maximum absolute atomic E-state index is 11.9. The van der Waals surface area contributed by atoms with E-state index in [1.807, 2.05) is 42.5 Å². The Bertz CT molecular complexity index is 1560. The first-order valence-corrected chi connectivity index (χ1v) is 14.8. The van der Waals surface area contributed by atoms with Crippen LogP contribution in [0, 0.1) is 0 Å². The number of phenols is 2. The van der Waals surface area contributed by atoms with Gasteiger partial charge in [-0.15, -0.1) is 0 Å². The number of carbonyl (C=O) groups excluding carboxylic acids is 1. The smallest absolute Gasteiger partial charge is 0.307 e. The molecule has 47 heavy (non-hydrogen) atoms. The number of aliphatic carboxylic acids is 1. The summed E-state index contributed by atoms with van der Waals surface area (Å²) in [6, 6.07) is 25.2. The zero-order valence-electron chi connectivity index (χ0n) is 27.2. The highest BCUT2D eigenvalue weighted by molar-refractivity contribution is 5.78. The molecule has 0 radical (unpaired) electrons. The Morgan fingerprint density at radius 3 is 1.55 bits per heavy atom. The van der Waals surface area contributed by atoms with Crippen LogP contribution in [0.2, 0.25) is 0 Å². The molecule has 0 aliphatic rings. The lowest BCUT2D eigenvalue weighted by atomic mass is 10.1. The van der Waals surface area contributed by atoms with Gasteiger partial charge in [-0.1, -0.05) is 36.4 Å². The summed E-state index contributed by atoms with van der Waals surface area (Å²) in [6.45, 7) is 1.24. The minimum atomic E-state index is -0.926. The summed E-state index contributed by atoms with van der Waals surface area (Å²) in [6.07, 6.45) is 1.77. The zero-order chi connectivity index (χ0) is 34.6. The summed E-state index contributed by atoms with van der Waals surface area (Å²) in [5, 5.41) is 30.3. The lowest BCUT2D eigenvalue weighted by Gasteiger charge is -2.08. The standard InChI is InChI=1S/C18H21NO4.C9H13NO.C9H10O4/c1-22-15-5-3-4-13(10-15)8-9-19-18(21)12-14-6-7-17(23-2)16(20)11-14;1-11-9-4-2-3-8(7-9)5-6-10;1-13-8-3-2-6(4-7(8)10)5-9(11)12/h3-7,10-11,20H,8-9,12H2,1-2H3,(H,19,21);2-4,7H,5-6,10H2,1H3;2-4,10H,5H2,1H3,(H,11,12). The molecule has 0 fully saturated rings. The van der Waals surface area contributed by atoms with Crippen LogP contribution in [0.5, 0.6) is 34.5 Å². The molecule has 0 saturated carbocycles. The van der Waals surface area contributed by atoms with Gasteiger partial charge in [0.25, 0.3) is 0 Å². The van der Waals surface area contributed by atoms with Crippen LogP contribution >= 0.6 is 0 Å². The normalized spacial score (nSPS) is 9.89. The van der Waals surface area contributed by atoms with Gasteiger partial charge < -0.3 is 45.3 Å². The van der Waals surface area contributed by atoms with Crippen molar-refractivity contribution in [2.75, 3.05) is 41.5 Å². The molecule has 0 spiro atoms. The average molecular weight is 649 g/mol. The maximum Gasteiger partial charge on any atom is 0.307 e. The van der Waals surface area contributed by atoms with Gasteiger partial charge in [0.15, 0.2) is 23.0 Å². The predicted molar refractivity (Wildman–Crippen MR) is 180 cm³/mol. The van der Waals surface area contributed by atoms with E-state index in [0.717, 1.165) is 35.5 Å². The van der Waals surface area contributed by atoms with Gasteiger partial charge in [0.1, 0.15) is 11.5 Å². The van der Waals surface area contributed by atoms with Crippen LogP contribution in [0.4, 0.5) is 0 Å². The molecular weight excluding hydrogens is 604 g/mol. The molecule has 252 valence electrons. The highest BCUT2D eigenvalue weighted by Gasteiger charge is 2.08. The third kappa shape index (κ3) is 14.0. The molecule has 0 bridgehead atoms. The first-order valence-electron chi connectivity index (χ1n) is 14.8. The topological polar surface area (TPSA) is 170 Å². The van der Waals surface area contributed by atoms with Crippen molar-refractivity contribution in [3.8, 4) is 34.5 Å². The number of carboxylic acid groups (broad SMARTS) is 1. The number of benzene rings is 4. The van der Waals surface area contributed by atoms with Crippen molar-refractivity contribution in [2.24, 2.45) is 5.73 Å². The van der Waals surface area contributed by atoms with Crippen LogP contribution in [0.1, 0.15) is 22.3 Å². The number of carbonyl (C=O) groups is 2. The molecule has 4 aromatic carbocycles. The molecule has 0 aliphatic carbocycles. The second-order valence-electron chi connectivity index (χ2n) is 10.1. The quantitative estimate of drug-likeness (QED) is 0.139. The molecule has 0 aromatic heterocycles. The minimum Gasteiger partial charge on any atom is -0.504 e. The van der Waals surface area contributed by atoms with Gasteiger partial charge in [0.05, 0.1) is 41.3 Å². The fourth-order valence-electron chi connectivity index (χ4n) is 4.28. The number of aromatic hydroxyl groups is 2. The molecule has 0 unspecified atom stereocenters. The third-order valence-corrected chi connectivity index (χ3v) is 6.64. The van der Waals surface area contributed by atoms with Crippen LogP contribution in [-0.4, -0.2) is 68.7 Å². The van der Waals surface area contributed by atoms with Crippen molar-refractivity contribution in [3.63, 3.8) is 0 Å². The predicted octanol–water partition coefficient (Wildman–Crippen LogP) is 4.54. The Hall–Kier alpha value is -5.42. The molecule has 1 amide bonds. The summed E-state index contributed by atoms with van der Waals surface area (Å²) in [4.78, 5) is 22.3. The second-order valence-corrected chi connectivity index (χ2v) is 10.1. The van der Waals surface area contributed by atoms with E-state index in [1.54, 1.807) is 38.5 Å². The molecule has 11 nitrogen and oxygen atoms in total. The second kappa shape index (κ2) is 20.6. The number of nitrogens with one attached hydrogen (secondary N) is 1. The highest BCUT2D eigenvalue weighted by Crippen LogP contribution is 2.27. The maximum atomic E-state index is 11.9. The van der Waals surface area contributed by atoms with Gasteiger partial charge in [-0.3, -0.25) is 9.59 Å². The van der Waals surface area contributed by atoms with Crippen molar-refractivity contribution in [1.82, 2.24) is 5.32 Å². The molecule has 0 heterocycles. The number of hydrogen-bond acceptors (Lipinski definition) is 9. The Morgan fingerprint density at radius 2 is 1.13 bits per heavy atom. The number of phenolic OH excluding ortho intramolecular Hbond substituents is 2. The van der Waals surface area contributed by atoms with E-state index in [4.69, 9.17) is 29.8 Å². The molecule has 4 aromatic rings. The molecule has 0 aliphatic heterocycles. The van der Waals surface area contributed by atoms with E-state index < -0.39 is 5.97 Å². The molecule has 0 atom stereocenters. The summed E-state index contributed by atoms with van der Waals surface area (Å²) in [5.41, 5.74) is 9.03. The number of amides is 1. The first kappa shape index (κ1) is 37.8. The molecule has 0 saturated heterocycles. The van der Waals surface area contributed by atoms with Crippen LogP contribution < -0.4 is 30.0 Å². The lowest BCUT2D eigenvalue weighted by Crippen LogP contribution is -2.27. The van der Waals surface area contributed by atoms with Crippen LogP contribution in [0.3, 0.4) is 0 Å². The van der Waals surface area contributed by atoms with Crippen LogP contribution in [-0.2, 0) is 35.3 Å². The largest absolute Gasteiger partial charge is 0.504 e. The molecule has 6 N–H and O–H groups in total. The zero-order valence-corrected chi connectivity index (χ0v) is 27.2. The van der Waals surface area contributed by atoms with Crippen molar-refractivity contribution >= 4 is 11.9 Å². The van der Waals surface area contributed by atoms with E-state index in [9.17, 15) is 19.8 Å². The van der Waals surface area contributed by atoms with Gasteiger partial charge in [-0.25, -0.2) is 0 Å². The van der Waals surface area contributed by atoms with Crippen molar-refractivity contribution in [1.29, 1.82) is 0 Å². The average Bonchev–Trinajstić information content (AvgIpc) is 3.06. The van der Waals surface area contributed by atoms with Gasteiger partial charge in [-0.2, -0.15) is 0 Å². The van der Waals surface area contributed by atoms with Gasteiger partial charge >= 0.3 is 5.97 Å². The van der Waals surface area contributed by atoms with Crippen molar-refractivity contribution in [2.45, 2.75) is 25.7 Å². The van der Waals surface area contributed by atoms with Crippen LogP contribution in [0.25, 0.3) is 0 Å². The SMILES string of the molecule is COc1ccc(CC(=O)O)cc1O.COc1cccc(CCN)c1.COc1cccc(CCNC(=O)Cc2ccc(OC)c(O)c2)c1. The minimum absolute atomic E-state index is 0.0363. The number of carboxylic acids is 1. The van der Waals surface area contributed by atoms with E-state index in [0.29, 0.717) is 30.2 Å². The first-order chi connectivity index (χ1) is 22.6. The third-order valence-electron chi connectivity index (χ3n) is 6.64. The highest BCUT2D eigenvalue weighted by atomic mass is 16.5. The fraction of sp³-hybridized carbons (Fsp3) is 0.278.